The van der Waals surface area contributed by atoms with E-state index in [1.165, 1.54) is 0 Å². The number of hydrogen-bond donors (Lipinski definition) is 2. The Morgan fingerprint density at radius 3 is 2.33 bits per heavy atom. The molecule has 0 amide bonds. The van der Waals surface area contributed by atoms with E-state index in [1.807, 2.05) is 24.3 Å². The fraction of sp³-hybridized carbons (Fsp3) is 0.0714. The van der Waals surface area contributed by atoms with Gasteiger partial charge < -0.3 is 11.5 Å². The van der Waals surface area contributed by atoms with Gasteiger partial charge in [-0.1, -0.05) is 28.1 Å². The number of anilines is 2. The molecule has 21 heavy (non-hydrogen) atoms. The number of nitrogen functional groups attached to an aromatic ring is 2. The first-order valence-corrected chi connectivity index (χ1v) is 7.08. The maximum Gasteiger partial charge on any atom is 0.182 e. The van der Waals surface area contributed by atoms with E-state index in [4.69, 9.17) is 11.5 Å². The Bertz CT molecular complexity index is 745. The SMILES string of the molecule is Nc1cc(N)cc(-c2nnnn2Cc2ccc(Br)cc2)c1. The topological polar surface area (TPSA) is 95.6 Å². The van der Waals surface area contributed by atoms with E-state index in [1.54, 1.807) is 22.9 Å². The Balaban J connectivity index is 1.95. The van der Waals surface area contributed by atoms with Gasteiger partial charge in [0.05, 0.1) is 6.54 Å². The minimum atomic E-state index is 0.574. The van der Waals surface area contributed by atoms with Gasteiger partial charge in [0.25, 0.3) is 0 Å². The van der Waals surface area contributed by atoms with E-state index in [2.05, 4.69) is 31.5 Å². The molecule has 3 aromatic rings. The van der Waals surface area contributed by atoms with E-state index < -0.39 is 0 Å². The minimum Gasteiger partial charge on any atom is -0.399 e. The Hall–Kier alpha value is -2.41. The zero-order chi connectivity index (χ0) is 14.8. The number of nitrogens with zero attached hydrogens (tertiary/aromatic N) is 4. The molecule has 0 atom stereocenters. The van der Waals surface area contributed by atoms with Gasteiger partial charge in [-0.2, -0.15) is 0 Å². The standard InChI is InChI=1S/C14H13BrN6/c15-11-3-1-9(2-4-11)8-21-14(18-19-20-21)10-5-12(16)7-13(17)6-10/h1-7H,8,16-17H2. The summed E-state index contributed by atoms with van der Waals surface area (Å²) in [6, 6.07) is 13.3. The molecule has 0 radical (unpaired) electrons. The molecule has 0 saturated carbocycles. The van der Waals surface area contributed by atoms with Crippen LogP contribution < -0.4 is 11.5 Å². The first-order valence-electron chi connectivity index (χ1n) is 6.29. The van der Waals surface area contributed by atoms with Crippen LogP contribution in [0, 0.1) is 0 Å². The molecular formula is C14H13BrN6. The molecule has 7 heteroatoms. The number of hydrogen-bond acceptors (Lipinski definition) is 5. The second kappa shape index (κ2) is 5.53. The normalized spacial score (nSPS) is 10.7. The van der Waals surface area contributed by atoms with E-state index in [-0.39, 0.29) is 0 Å². The lowest BCUT2D eigenvalue weighted by atomic mass is 10.1. The maximum absolute atomic E-state index is 5.82. The van der Waals surface area contributed by atoms with Crippen molar-refractivity contribution in [1.29, 1.82) is 0 Å². The smallest absolute Gasteiger partial charge is 0.182 e. The van der Waals surface area contributed by atoms with E-state index in [0.717, 1.165) is 15.6 Å². The van der Waals surface area contributed by atoms with Crippen LogP contribution in [-0.2, 0) is 6.54 Å². The monoisotopic (exact) mass is 344 g/mol. The zero-order valence-corrected chi connectivity index (χ0v) is 12.7. The van der Waals surface area contributed by atoms with E-state index in [0.29, 0.717) is 23.7 Å². The highest BCUT2D eigenvalue weighted by Crippen LogP contribution is 2.23. The Morgan fingerprint density at radius 2 is 1.67 bits per heavy atom. The molecule has 0 fully saturated rings. The third kappa shape index (κ3) is 3.03. The second-order valence-corrected chi connectivity index (χ2v) is 5.59. The molecular weight excluding hydrogens is 332 g/mol. The van der Waals surface area contributed by atoms with Gasteiger partial charge in [-0.25, -0.2) is 4.68 Å². The summed E-state index contributed by atoms with van der Waals surface area (Å²) in [7, 11) is 0. The molecule has 0 aliphatic heterocycles. The van der Waals surface area contributed by atoms with Crippen molar-refractivity contribution in [2.45, 2.75) is 6.54 Å². The highest BCUT2D eigenvalue weighted by atomic mass is 79.9. The van der Waals surface area contributed by atoms with Crippen molar-refractivity contribution in [3.8, 4) is 11.4 Å². The third-order valence-electron chi connectivity index (χ3n) is 3.01. The molecule has 6 nitrogen and oxygen atoms in total. The first kappa shape index (κ1) is 13.6. The number of aromatic nitrogens is 4. The van der Waals surface area contributed by atoms with Crippen LogP contribution in [0.25, 0.3) is 11.4 Å². The molecule has 106 valence electrons. The van der Waals surface area contributed by atoms with Crippen LogP contribution in [-0.4, -0.2) is 20.2 Å². The maximum atomic E-state index is 5.82. The minimum absolute atomic E-state index is 0.574. The lowest BCUT2D eigenvalue weighted by molar-refractivity contribution is 0.653. The third-order valence-corrected chi connectivity index (χ3v) is 3.54. The van der Waals surface area contributed by atoms with Crippen molar-refractivity contribution in [3.63, 3.8) is 0 Å². The molecule has 0 aliphatic carbocycles. The first-order chi connectivity index (χ1) is 10.1. The van der Waals surface area contributed by atoms with Crippen LogP contribution in [0.5, 0.6) is 0 Å². The summed E-state index contributed by atoms with van der Waals surface area (Å²) < 4.78 is 2.75. The van der Waals surface area contributed by atoms with Crippen LogP contribution >= 0.6 is 15.9 Å². The fourth-order valence-corrected chi connectivity index (χ4v) is 2.35. The second-order valence-electron chi connectivity index (χ2n) is 4.67. The lowest BCUT2D eigenvalue weighted by Gasteiger charge is -2.07. The summed E-state index contributed by atoms with van der Waals surface area (Å²) in [5.74, 6) is 0.636. The molecule has 1 aromatic heterocycles. The van der Waals surface area contributed by atoms with Crippen molar-refractivity contribution in [1.82, 2.24) is 20.2 Å². The van der Waals surface area contributed by atoms with Gasteiger partial charge >= 0.3 is 0 Å². The summed E-state index contributed by atoms with van der Waals surface area (Å²) in [5, 5.41) is 11.8. The molecule has 0 bridgehead atoms. The van der Waals surface area contributed by atoms with Crippen molar-refractivity contribution in [2.75, 3.05) is 11.5 Å². The number of tetrazole rings is 1. The summed E-state index contributed by atoms with van der Waals surface area (Å²) in [6.07, 6.45) is 0. The van der Waals surface area contributed by atoms with Gasteiger partial charge in [0.2, 0.25) is 0 Å². The predicted octanol–water partition coefficient (Wildman–Crippen LogP) is 2.32. The average molecular weight is 345 g/mol. The van der Waals surface area contributed by atoms with Gasteiger partial charge in [-0.05, 0) is 46.3 Å². The number of rotatable bonds is 3. The van der Waals surface area contributed by atoms with E-state index >= 15 is 0 Å². The highest BCUT2D eigenvalue weighted by molar-refractivity contribution is 9.10. The van der Waals surface area contributed by atoms with Gasteiger partial charge in [-0.3, -0.25) is 0 Å². The fourth-order valence-electron chi connectivity index (χ4n) is 2.09. The molecule has 0 spiro atoms. The molecule has 0 aliphatic rings. The average Bonchev–Trinajstić information content (AvgIpc) is 2.88. The Labute approximate surface area is 129 Å². The Kier molecular flexibility index (Phi) is 3.57. The van der Waals surface area contributed by atoms with Crippen LogP contribution in [0.3, 0.4) is 0 Å². The van der Waals surface area contributed by atoms with Crippen molar-refractivity contribution in [2.24, 2.45) is 0 Å². The zero-order valence-electron chi connectivity index (χ0n) is 11.1. The molecule has 0 unspecified atom stereocenters. The van der Waals surface area contributed by atoms with Crippen LogP contribution in [0.4, 0.5) is 11.4 Å². The van der Waals surface area contributed by atoms with Crippen LogP contribution in [0.15, 0.2) is 46.9 Å². The van der Waals surface area contributed by atoms with Gasteiger partial charge in [0, 0.05) is 21.4 Å². The Morgan fingerprint density at radius 1 is 1.00 bits per heavy atom. The number of benzene rings is 2. The lowest BCUT2D eigenvalue weighted by Crippen LogP contribution is -2.05. The predicted molar refractivity (Wildman–Crippen MR) is 85.3 cm³/mol. The largest absolute Gasteiger partial charge is 0.399 e. The van der Waals surface area contributed by atoms with Gasteiger partial charge in [-0.15, -0.1) is 5.10 Å². The summed E-state index contributed by atoms with van der Waals surface area (Å²) in [4.78, 5) is 0. The number of nitrogens with two attached hydrogens (primary N) is 2. The van der Waals surface area contributed by atoms with Crippen molar-refractivity contribution >= 4 is 27.3 Å². The molecule has 3 rings (SSSR count). The van der Waals surface area contributed by atoms with Gasteiger partial charge in [0.1, 0.15) is 0 Å². The summed E-state index contributed by atoms with van der Waals surface area (Å²) in [5.41, 5.74) is 14.7. The van der Waals surface area contributed by atoms with Crippen molar-refractivity contribution in [3.05, 3.63) is 52.5 Å². The van der Waals surface area contributed by atoms with Crippen molar-refractivity contribution < 1.29 is 0 Å². The molecule has 1 heterocycles. The van der Waals surface area contributed by atoms with E-state index in [9.17, 15) is 0 Å². The molecule has 2 aromatic carbocycles. The molecule has 4 N–H and O–H groups in total. The molecule has 0 saturated heterocycles. The summed E-state index contributed by atoms with van der Waals surface area (Å²) in [6.45, 7) is 0.574. The number of halogens is 1. The van der Waals surface area contributed by atoms with Gasteiger partial charge in [0.15, 0.2) is 5.82 Å². The van der Waals surface area contributed by atoms with Crippen LogP contribution in [0.1, 0.15) is 5.56 Å². The highest BCUT2D eigenvalue weighted by Gasteiger charge is 2.10. The quantitative estimate of drug-likeness (QED) is 0.710. The summed E-state index contributed by atoms with van der Waals surface area (Å²) >= 11 is 3.42. The van der Waals surface area contributed by atoms with Crippen LogP contribution in [0.2, 0.25) is 0 Å².